The number of likely N-dealkylation sites (tertiary alicyclic amines) is 2. The van der Waals surface area contributed by atoms with E-state index in [1.807, 2.05) is 6.07 Å². The third-order valence-electron chi connectivity index (χ3n) is 19.0. The van der Waals surface area contributed by atoms with Crippen molar-refractivity contribution < 1.29 is 57.2 Å². The van der Waals surface area contributed by atoms with Crippen LogP contribution < -0.4 is 25.2 Å². The minimum atomic E-state index is -1.41. The number of carbonyl (C=O) groups is 6. The first-order valence-corrected chi connectivity index (χ1v) is 30.5. The fraction of sp³-hybridized carbons (Fsp3) is 0.373. The number of hydrogen-bond acceptors (Lipinski definition) is 11. The molecule has 4 N–H and O–H groups in total. The second-order valence-corrected chi connectivity index (χ2v) is 25.3. The van der Waals surface area contributed by atoms with Crippen molar-refractivity contribution in [2.75, 3.05) is 60.3 Å². The highest BCUT2D eigenvalue weighted by Crippen LogP contribution is 2.65. The number of carboxylic acid groups (broad SMARTS) is 1. The lowest BCUT2D eigenvalue weighted by atomic mass is 9.70. The fourth-order valence-electron chi connectivity index (χ4n) is 15.1. The van der Waals surface area contributed by atoms with E-state index in [0.29, 0.717) is 93.9 Å². The summed E-state index contributed by atoms with van der Waals surface area (Å²) in [6, 6.07) is 27.7. The second kappa shape index (κ2) is 24.1. The zero-order chi connectivity index (χ0) is 61.1. The molecule has 6 aromatic carbocycles. The average Bonchev–Trinajstić information content (AvgIpc) is 1.53. The summed E-state index contributed by atoms with van der Waals surface area (Å²) in [4.78, 5) is 89.5. The Morgan fingerprint density at radius 3 is 1.52 bits per heavy atom. The van der Waals surface area contributed by atoms with Crippen molar-refractivity contribution in [3.05, 3.63) is 174 Å². The van der Waals surface area contributed by atoms with Gasteiger partial charge in [0.2, 0.25) is 23.6 Å². The quantitative estimate of drug-likeness (QED) is 0.0847. The number of aromatic hydroxyl groups is 1. The number of phenolic OH excluding ortho intramolecular Hbond substituents is 1. The van der Waals surface area contributed by atoms with Gasteiger partial charge in [0.05, 0.1) is 58.1 Å². The van der Waals surface area contributed by atoms with Crippen molar-refractivity contribution >= 4 is 105 Å². The van der Waals surface area contributed by atoms with Crippen molar-refractivity contribution in [2.45, 2.75) is 95.3 Å². The first-order valence-electron chi connectivity index (χ1n) is 29.0. The number of nitrogens with one attached hydrogen (secondary N) is 2. The van der Waals surface area contributed by atoms with E-state index in [-0.39, 0.29) is 95.8 Å². The molecule has 4 saturated heterocycles. The van der Waals surface area contributed by atoms with Crippen molar-refractivity contribution in [2.24, 2.45) is 23.7 Å². The number of fused-ring (bicyclic) bond motifs is 6. The lowest BCUT2D eigenvalue weighted by molar-refractivity contribution is -0.128. The summed E-state index contributed by atoms with van der Waals surface area (Å²) >= 11 is 25.3. The third kappa shape index (κ3) is 10.2. The Balaban J connectivity index is 0.000000180. The number of aromatic carboxylic acids is 1. The maximum Gasteiger partial charge on any atom is 0.338 e. The number of anilines is 4. The lowest BCUT2D eigenvalue weighted by Crippen LogP contribution is -2.54. The zero-order valence-electron chi connectivity index (χ0n) is 47.0. The van der Waals surface area contributed by atoms with Gasteiger partial charge in [-0.15, -0.1) is 0 Å². The molecule has 22 heteroatoms. The van der Waals surface area contributed by atoms with E-state index in [1.165, 1.54) is 36.3 Å². The summed E-state index contributed by atoms with van der Waals surface area (Å²) in [5.74, 6) is -7.20. The number of nitrogens with zero attached hydrogens (tertiary/aromatic N) is 4. The van der Waals surface area contributed by atoms with Gasteiger partial charge in [-0.3, -0.25) is 29.0 Å². The van der Waals surface area contributed by atoms with Crippen LogP contribution in [0, 0.1) is 35.3 Å². The van der Waals surface area contributed by atoms with Gasteiger partial charge in [-0.2, -0.15) is 0 Å². The Labute approximate surface area is 533 Å². The van der Waals surface area contributed by atoms with Gasteiger partial charge in [-0.25, -0.2) is 18.4 Å². The summed E-state index contributed by atoms with van der Waals surface area (Å²) < 4.78 is 43.0. The van der Waals surface area contributed by atoms with Crippen molar-refractivity contribution in [1.82, 2.24) is 9.80 Å². The Morgan fingerprint density at radius 2 is 1.08 bits per heavy atom. The smallest absolute Gasteiger partial charge is 0.338 e. The number of halogens is 6. The molecule has 6 heterocycles. The van der Waals surface area contributed by atoms with Gasteiger partial charge >= 0.3 is 11.9 Å². The molecule has 8 aliphatic rings. The number of amides is 4. The first-order chi connectivity index (χ1) is 41.8. The average molecular weight is 1300 g/mol. The molecule has 6 aromatic rings. The maximum atomic E-state index is 16.2. The largest absolute Gasteiger partial charge is 0.506 e. The summed E-state index contributed by atoms with van der Waals surface area (Å²) in [5, 5.41) is 26.8. The molecule has 2 saturated carbocycles. The van der Waals surface area contributed by atoms with Gasteiger partial charge in [-0.05, 0) is 141 Å². The topological polar surface area (TPSA) is 198 Å². The van der Waals surface area contributed by atoms with E-state index in [0.717, 1.165) is 31.7 Å². The maximum absolute atomic E-state index is 16.2. The first kappa shape index (κ1) is 63.3. The number of piperidine rings is 2. The Kier molecular flexibility index (Phi) is 17.2. The molecule has 0 bridgehead atoms. The van der Waals surface area contributed by atoms with Crippen LogP contribution in [0.2, 0.25) is 20.1 Å². The minimum Gasteiger partial charge on any atom is -0.506 e. The van der Waals surface area contributed by atoms with E-state index in [4.69, 9.17) is 55.9 Å². The number of rotatable bonds is 12. The summed E-state index contributed by atoms with van der Waals surface area (Å²) in [7, 11) is 1.47. The van der Waals surface area contributed by atoms with E-state index >= 15 is 8.78 Å². The molecular weight excluding hydrogens is 1230 g/mol. The number of carboxylic acids is 1. The molecule has 16 nitrogen and oxygen atoms in total. The van der Waals surface area contributed by atoms with Crippen LogP contribution in [0.1, 0.15) is 115 Å². The number of esters is 1. The monoisotopic (exact) mass is 1290 g/mol. The highest BCUT2D eigenvalue weighted by Gasteiger charge is 2.72. The van der Waals surface area contributed by atoms with Crippen LogP contribution in [-0.2, 0) is 35.0 Å². The van der Waals surface area contributed by atoms with E-state index in [1.54, 1.807) is 84.6 Å². The third-order valence-corrected chi connectivity index (χ3v) is 20.0. The van der Waals surface area contributed by atoms with Crippen molar-refractivity contribution in [3.63, 3.8) is 0 Å². The number of phenols is 1. The molecule has 6 aliphatic heterocycles. The van der Waals surface area contributed by atoms with Crippen LogP contribution in [0.3, 0.4) is 0 Å². The van der Waals surface area contributed by atoms with Gasteiger partial charge in [0, 0.05) is 82.6 Å². The molecule has 89 heavy (non-hydrogen) atoms. The number of methoxy groups -OCH3 is 1. The Hall–Kier alpha value is -7.32. The van der Waals surface area contributed by atoms with Gasteiger partial charge in [0.15, 0.2) is 0 Å². The van der Waals surface area contributed by atoms with E-state index in [2.05, 4.69) is 20.4 Å². The molecule has 4 amide bonds. The number of carbonyl (C=O) groups excluding carboxylic acids is 5. The van der Waals surface area contributed by atoms with Gasteiger partial charge in [-0.1, -0.05) is 97.7 Å². The highest BCUT2D eigenvalue weighted by molar-refractivity contribution is 6.32. The van der Waals surface area contributed by atoms with Crippen LogP contribution in [0.4, 0.5) is 31.5 Å². The summed E-state index contributed by atoms with van der Waals surface area (Å²) in [6.45, 7) is 3.66. The summed E-state index contributed by atoms with van der Waals surface area (Å²) in [6.07, 6.45) is 5.03. The van der Waals surface area contributed by atoms with Gasteiger partial charge in [0.25, 0.3) is 0 Å². The molecule has 2 aliphatic carbocycles. The molecular formula is C67H66Cl4F2N6O10. The number of hydrogen-bond donors (Lipinski definition) is 4. The Morgan fingerprint density at radius 1 is 0.618 bits per heavy atom. The predicted molar refractivity (Wildman–Crippen MR) is 337 cm³/mol. The van der Waals surface area contributed by atoms with E-state index in [9.17, 15) is 39.0 Å². The van der Waals surface area contributed by atoms with Crippen LogP contribution in [0.25, 0.3) is 0 Å². The highest BCUT2D eigenvalue weighted by atomic mass is 35.5. The molecule has 14 rings (SSSR count). The molecule has 0 unspecified atom stereocenters. The molecule has 2 spiro atoms. The lowest BCUT2D eigenvalue weighted by Gasteiger charge is -2.40. The molecule has 8 atom stereocenters. The second-order valence-electron chi connectivity index (χ2n) is 23.6. The fourth-order valence-corrected chi connectivity index (χ4v) is 15.8. The normalized spacial score (nSPS) is 25.7. The van der Waals surface area contributed by atoms with Crippen LogP contribution >= 0.6 is 46.4 Å². The minimum absolute atomic E-state index is 0. The predicted octanol–water partition coefficient (Wildman–Crippen LogP) is 13.3. The molecule has 0 aromatic heterocycles. The van der Waals surface area contributed by atoms with Crippen molar-refractivity contribution in [1.29, 1.82) is 0 Å². The van der Waals surface area contributed by atoms with Crippen LogP contribution in [-0.4, -0.2) is 108 Å². The van der Waals surface area contributed by atoms with E-state index < -0.39 is 64.4 Å². The number of benzene rings is 6. The molecule has 0 radical (unpaired) electrons. The SMILES string of the molecule is C.C.CCOC(=O)c1ccc(N2CC[C@H]3[C@@H](C2=O)[C@H](c2cccc(Cl)c2F)[C@]2(C(=O)Nc4cc(Cl)ccc42)N3CC2CC2)c(OC)c1.O=C(O)c1ccc(N2CC[C@H]3[C@@H](C2=O)[C@H](c2cccc(Cl)c2F)[C@]2(C(=O)Nc4cc(Cl)ccc42)N3CC2CC2)c(O)c1. The molecule has 466 valence electrons. The van der Waals surface area contributed by atoms with Crippen LogP contribution in [0.5, 0.6) is 11.5 Å². The van der Waals surface area contributed by atoms with Gasteiger partial charge < -0.3 is 40.1 Å². The summed E-state index contributed by atoms with van der Waals surface area (Å²) in [5.41, 5.74) is 0.795. The zero-order valence-corrected chi connectivity index (χ0v) is 50.0. The Bertz CT molecular complexity index is 3910. The van der Waals surface area contributed by atoms with Crippen LogP contribution in [0.15, 0.2) is 109 Å². The molecule has 6 fully saturated rings. The standard InChI is InChI=1S/C34H32Cl2FN3O5.C31H26Cl2FN3O5.2CH4/c1-3-45-32(42)19-9-12-25(27(15-19)44-2)39-14-13-26-28(31(39)41)29(21-5-4-6-23(36)30(21)37)34(40(26)17-18-7-8-18)22-11-10-20(35)16-24(22)38-33(34)43;32-17-7-8-19-21(13-17)35-30(42)31(19)26(18-2-1-3-20(33)27(18)34)25-23(37(31)14-15-4-5-15)10-11-36(28(25)39)22-9-6-16(29(40)41)12-24(22)38;;/h4-6,9-12,15-16,18,26,28-29H,3,7-8,13-14,17H2,1-2H3,(H,38,43);1-3,6-9,12-13,15,23,25-26,38H,4-5,10-11,14H2,(H,35,42)(H,40,41);2*1H4/t26-,28+,29-,34+;23-,25+,26-,31+;;/m00../s1. The van der Waals surface area contributed by atoms with Crippen molar-refractivity contribution in [3.8, 4) is 11.5 Å². The number of ether oxygens (including phenoxy) is 2. The van der Waals surface area contributed by atoms with Gasteiger partial charge in [0.1, 0.15) is 34.2 Å².